The molecule has 2 rings (SSSR count). The van der Waals surface area contributed by atoms with E-state index in [1.807, 2.05) is 0 Å². The van der Waals surface area contributed by atoms with Gasteiger partial charge >= 0.3 is 0 Å². The van der Waals surface area contributed by atoms with E-state index in [0.29, 0.717) is 0 Å². The van der Waals surface area contributed by atoms with Gasteiger partial charge < -0.3 is 10.4 Å². The number of hydrogen-bond acceptors (Lipinski definition) is 2. The zero-order valence-corrected chi connectivity index (χ0v) is 7.68. The number of piperidine rings is 1. The van der Waals surface area contributed by atoms with E-state index < -0.39 is 0 Å². The first-order valence-electron chi connectivity index (χ1n) is 5.22. The molecule has 2 aliphatic rings. The average molecular weight is 169 g/mol. The van der Waals surface area contributed by atoms with E-state index >= 15 is 0 Å². The summed E-state index contributed by atoms with van der Waals surface area (Å²) in [5.41, 5.74) is -0.312. The molecule has 0 atom stereocenters. The molecule has 2 heteroatoms. The van der Waals surface area contributed by atoms with Crippen LogP contribution in [0.3, 0.4) is 0 Å². The SMILES string of the molecule is OC1(CCC2CC2)CCNCC1. The van der Waals surface area contributed by atoms with Crippen molar-refractivity contribution >= 4 is 0 Å². The lowest BCUT2D eigenvalue weighted by Crippen LogP contribution is -2.41. The Morgan fingerprint density at radius 3 is 2.50 bits per heavy atom. The maximum Gasteiger partial charge on any atom is 0.0672 e. The van der Waals surface area contributed by atoms with Crippen LogP contribution in [0, 0.1) is 5.92 Å². The Morgan fingerprint density at radius 2 is 1.92 bits per heavy atom. The van der Waals surface area contributed by atoms with E-state index in [1.165, 1.54) is 19.3 Å². The quantitative estimate of drug-likeness (QED) is 0.667. The summed E-state index contributed by atoms with van der Waals surface area (Å²) in [5, 5.41) is 13.4. The van der Waals surface area contributed by atoms with Gasteiger partial charge in [0.2, 0.25) is 0 Å². The minimum absolute atomic E-state index is 0.312. The topological polar surface area (TPSA) is 32.3 Å². The molecule has 2 N–H and O–H groups in total. The standard InChI is InChI=1S/C10H19NO/c12-10(4-3-9-1-2-9)5-7-11-8-6-10/h9,11-12H,1-8H2. The minimum Gasteiger partial charge on any atom is -0.390 e. The highest BCUT2D eigenvalue weighted by Crippen LogP contribution is 2.37. The third-order valence-corrected chi connectivity index (χ3v) is 3.25. The van der Waals surface area contributed by atoms with Gasteiger partial charge in [-0.15, -0.1) is 0 Å². The second kappa shape index (κ2) is 3.35. The van der Waals surface area contributed by atoms with Crippen molar-refractivity contribution in [1.29, 1.82) is 0 Å². The molecule has 0 aromatic heterocycles. The minimum atomic E-state index is -0.312. The molecule has 1 saturated heterocycles. The summed E-state index contributed by atoms with van der Waals surface area (Å²) in [6.45, 7) is 2.00. The Labute approximate surface area is 74.4 Å². The van der Waals surface area contributed by atoms with Crippen LogP contribution < -0.4 is 5.32 Å². The first kappa shape index (κ1) is 8.52. The van der Waals surface area contributed by atoms with Crippen molar-refractivity contribution in [3.63, 3.8) is 0 Å². The van der Waals surface area contributed by atoms with Crippen LogP contribution in [0.25, 0.3) is 0 Å². The van der Waals surface area contributed by atoms with E-state index in [2.05, 4.69) is 5.32 Å². The molecule has 0 amide bonds. The normalized spacial score (nSPS) is 28.8. The highest BCUT2D eigenvalue weighted by molar-refractivity contribution is 4.86. The first-order chi connectivity index (χ1) is 5.79. The summed E-state index contributed by atoms with van der Waals surface area (Å²) in [6.07, 6.45) is 7.04. The summed E-state index contributed by atoms with van der Waals surface area (Å²) >= 11 is 0. The van der Waals surface area contributed by atoms with Crippen molar-refractivity contribution in [3.05, 3.63) is 0 Å². The second-order valence-corrected chi connectivity index (χ2v) is 4.46. The van der Waals surface area contributed by atoms with Crippen molar-refractivity contribution in [3.8, 4) is 0 Å². The van der Waals surface area contributed by atoms with Gasteiger partial charge in [-0.2, -0.15) is 0 Å². The Morgan fingerprint density at radius 1 is 1.25 bits per heavy atom. The Bertz CT molecular complexity index is 148. The molecule has 2 fully saturated rings. The van der Waals surface area contributed by atoms with Gasteiger partial charge in [-0.1, -0.05) is 12.8 Å². The molecule has 1 heterocycles. The van der Waals surface area contributed by atoms with Gasteiger partial charge in [0.25, 0.3) is 0 Å². The average Bonchev–Trinajstić information content (AvgIpc) is 2.85. The fourth-order valence-corrected chi connectivity index (χ4v) is 2.02. The van der Waals surface area contributed by atoms with E-state index in [1.54, 1.807) is 0 Å². The van der Waals surface area contributed by atoms with Crippen molar-refractivity contribution in [1.82, 2.24) is 5.32 Å². The van der Waals surface area contributed by atoms with E-state index in [9.17, 15) is 5.11 Å². The number of rotatable bonds is 3. The van der Waals surface area contributed by atoms with Gasteiger partial charge in [-0.3, -0.25) is 0 Å². The molecule has 12 heavy (non-hydrogen) atoms. The van der Waals surface area contributed by atoms with Crippen LogP contribution in [0.4, 0.5) is 0 Å². The smallest absolute Gasteiger partial charge is 0.0672 e. The van der Waals surface area contributed by atoms with Crippen LogP contribution in [0.1, 0.15) is 38.5 Å². The predicted molar refractivity (Wildman–Crippen MR) is 49.0 cm³/mol. The van der Waals surface area contributed by atoms with Crippen molar-refractivity contribution in [2.75, 3.05) is 13.1 Å². The summed E-state index contributed by atoms with van der Waals surface area (Å²) in [6, 6.07) is 0. The van der Waals surface area contributed by atoms with Gasteiger partial charge in [0.05, 0.1) is 5.60 Å². The van der Waals surface area contributed by atoms with Crippen LogP contribution in [0.5, 0.6) is 0 Å². The predicted octanol–water partition coefficient (Wildman–Crippen LogP) is 1.29. The van der Waals surface area contributed by atoms with Gasteiger partial charge in [0.1, 0.15) is 0 Å². The molecule has 70 valence electrons. The van der Waals surface area contributed by atoms with Crippen molar-refractivity contribution < 1.29 is 5.11 Å². The maximum atomic E-state index is 10.1. The summed E-state index contributed by atoms with van der Waals surface area (Å²) in [5.74, 6) is 0.962. The van der Waals surface area contributed by atoms with Crippen LogP contribution in [-0.4, -0.2) is 23.8 Å². The van der Waals surface area contributed by atoms with Gasteiger partial charge in [-0.05, 0) is 44.7 Å². The van der Waals surface area contributed by atoms with Crippen LogP contribution in [0.15, 0.2) is 0 Å². The fourth-order valence-electron chi connectivity index (χ4n) is 2.02. The molecule has 0 aromatic carbocycles. The summed E-state index contributed by atoms with van der Waals surface area (Å²) in [7, 11) is 0. The van der Waals surface area contributed by atoms with Crippen LogP contribution in [0.2, 0.25) is 0 Å². The highest BCUT2D eigenvalue weighted by Gasteiger charge is 2.31. The van der Waals surface area contributed by atoms with Gasteiger partial charge in [0, 0.05) is 0 Å². The second-order valence-electron chi connectivity index (χ2n) is 4.46. The molecular formula is C10H19NO. The Kier molecular flexibility index (Phi) is 2.37. The summed E-state index contributed by atoms with van der Waals surface area (Å²) < 4.78 is 0. The van der Waals surface area contributed by atoms with E-state index in [-0.39, 0.29) is 5.60 Å². The Balaban J connectivity index is 1.73. The summed E-state index contributed by atoms with van der Waals surface area (Å²) in [4.78, 5) is 0. The molecule has 1 saturated carbocycles. The number of hydrogen-bond donors (Lipinski definition) is 2. The maximum absolute atomic E-state index is 10.1. The van der Waals surface area contributed by atoms with Gasteiger partial charge in [0.15, 0.2) is 0 Å². The molecule has 1 aliphatic heterocycles. The lowest BCUT2D eigenvalue weighted by Gasteiger charge is -2.32. The molecule has 0 aromatic rings. The van der Waals surface area contributed by atoms with Gasteiger partial charge in [-0.25, -0.2) is 0 Å². The largest absolute Gasteiger partial charge is 0.390 e. The molecule has 2 nitrogen and oxygen atoms in total. The number of aliphatic hydroxyl groups is 1. The monoisotopic (exact) mass is 169 g/mol. The first-order valence-corrected chi connectivity index (χ1v) is 5.22. The van der Waals surface area contributed by atoms with Crippen LogP contribution in [-0.2, 0) is 0 Å². The zero-order valence-electron chi connectivity index (χ0n) is 7.68. The molecule has 0 bridgehead atoms. The van der Waals surface area contributed by atoms with Crippen molar-refractivity contribution in [2.45, 2.75) is 44.1 Å². The lowest BCUT2D eigenvalue weighted by atomic mass is 9.87. The third kappa shape index (κ3) is 2.20. The lowest BCUT2D eigenvalue weighted by molar-refractivity contribution is -0.000411. The molecule has 1 aliphatic carbocycles. The highest BCUT2D eigenvalue weighted by atomic mass is 16.3. The Hall–Kier alpha value is -0.0800. The number of nitrogens with one attached hydrogen (secondary N) is 1. The van der Waals surface area contributed by atoms with Crippen LogP contribution >= 0.6 is 0 Å². The van der Waals surface area contributed by atoms with Crippen molar-refractivity contribution in [2.24, 2.45) is 5.92 Å². The fraction of sp³-hybridized carbons (Fsp3) is 1.00. The zero-order chi connectivity index (χ0) is 8.44. The molecule has 0 unspecified atom stereocenters. The molecule has 0 radical (unpaired) electrons. The van der Waals surface area contributed by atoms with E-state index in [0.717, 1.165) is 38.3 Å². The molecule has 0 spiro atoms. The molecular weight excluding hydrogens is 150 g/mol. The van der Waals surface area contributed by atoms with E-state index in [4.69, 9.17) is 0 Å². The third-order valence-electron chi connectivity index (χ3n) is 3.25.